The van der Waals surface area contributed by atoms with Crippen LogP contribution in [0.15, 0.2) is 60.7 Å². The maximum Gasteiger partial charge on any atom is 0.269 e. The van der Waals surface area contributed by atoms with Crippen molar-refractivity contribution in [2.75, 3.05) is 6.61 Å². The van der Waals surface area contributed by atoms with Gasteiger partial charge in [-0.05, 0) is 48.7 Å². The predicted octanol–water partition coefficient (Wildman–Crippen LogP) is 5.82. The molecule has 3 rings (SSSR count). The molecule has 3 aromatic rings. The van der Waals surface area contributed by atoms with E-state index in [1.54, 1.807) is 18.2 Å². The topological polar surface area (TPSA) is 73.6 Å². The summed E-state index contributed by atoms with van der Waals surface area (Å²) in [7, 11) is 0. The van der Waals surface area contributed by atoms with E-state index in [1.807, 2.05) is 13.0 Å². The van der Waals surface area contributed by atoms with Gasteiger partial charge < -0.3 is 14.8 Å². The molecule has 1 N–H and O–H groups in total. The maximum absolute atomic E-state index is 10.8. The number of hydrogen-bond donors (Lipinski definition) is 1. The molecule has 0 fully saturated rings. The van der Waals surface area contributed by atoms with Gasteiger partial charge in [0.05, 0.1) is 11.5 Å². The molecule has 3 aromatic carbocycles. The molecule has 0 unspecified atom stereocenters. The Labute approximate surface area is 186 Å². The van der Waals surface area contributed by atoms with E-state index < -0.39 is 4.92 Å². The zero-order valence-corrected chi connectivity index (χ0v) is 18.3. The third kappa shape index (κ3) is 6.44. The van der Waals surface area contributed by atoms with Crippen molar-refractivity contribution in [2.45, 2.75) is 33.5 Å². The summed E-state index contributed by atoms with van der Waals surface area (Å²) in [6.07, 6.45) is 0. The van der Waals surface area contributed by atoms with Gasteiger partial charge >= 0.3 is 0 Å². The third-order valence-corrected chi connectivity index (χ3v) is 5.07. The van der Waals surface area contributed by atoms with Crippen LogP contribution in [-0.2, 0) is 19.7 Å². The van der Waals surface area contributed by atoms with E-state index in [2.05, 4.69) is 36.5 Å². The minimum absolute atomic E-state index is 0.0456. The van der Waals surface area contributed by atoms with Crippen LogP contribution < -0.4 is 14.8 Å². The van der Waals surface area contributed by atoms with Crippen LogP contribution in [0.25, 0.3) is 0 Å². The van der Waals surface area contributed by atoms with Crippen LogP contribution in [0.2, 0.25) is 5.02 Å². The molecule has 0 radical (unpaired) electrons. The number of nitro groups is 1. The van der Waals surface area contributed by atoms with E-state index in [0.717, 1.165) is 17.7 Å². The Morgan fingerprint density at radius 2 is 1.58 bits per heavy atom. The quantitative estimate of drug-likeness (QED) is 0.317. The van der Waals surface area contributed by atoms with E-state index in [9.17, 15) is 10.1 Å². The molecule has 0 heterocycles. The van der Waals surface area contributed by atoms with Gasteiger partial charge in [-0.1, -0.05) is 41.4 Å². The van der Waals surface area contributed by atoms with Gasteiger partial charge in [0.15, 0.2) is 11.5 Å². The number of benzene rings is 3. The van der Waals surface area contributed by atoms with Crippen LogP contribution in [0.1, 0.15) is 29.2 Å². The van der Waals surface area contributed by atoms with Gasteiger partial charge in [0.25, 0.3) is 5.69 Å². The Morgan fingerprint density at radius 3 is 2.23 bits per heavy atom. The van der Waals surface area contributed by atoms with Crippen LogP contribution >= 0.6 is 11.6 Å². The highest BCUT2D eigenvalue weighted by Crippen LogP contribution is 2.34. The molecule has 0 atom stereocenters. The van der Waals surface area contributed by atoms with Gasteiger partial charge in [-0.2, -0.15) is 0 Å². The van der Waals surface area contributed by atoms with Crippen LogP contribution in [0.4, 0.5) is 5.69 Å². The highest BCUT2D eigenvalue weighted by Gasteiger charge is 2.12. The van der Waals surface area contributed by atoms with Gasteiger partial charge in [0.2, 0.25) is 0 Å². The molecule has 0 bridgehead atoms. The van der Waals surface area contributed by atoms with Gasteiger partial charge in [0, 0.05) is 36.3 Å². The van der Waals surface area contributed by atoms with Crippen molar-refractivity contribution < 1.29 is 14.4 Å². The van der Waals surface area contributed by atoms with E-state index >= 15 is 0 Å². The lowest BCUT2D eigenvalue weighted by Gasteiger charge is -2.15. The Kier molecular flexibility index (Phi) is 7.87. The zero-order valence-electron chi connectivity index (χ0n) is 17.6. The first-order valence-corrected chi connectivity index (χ1v) is 10.4. The Morgan fingerprint density at radius 1 is 0.935 bits per heavy atom. The van der Waals surface area contributed by atoms with Crippen molar-refractivity contribution in [3.05, 3.63) is 98.1 Å². The molecule has 0 aliphatic carbocycles. The number of halogens is 1. The Hall–Kier alpha value is -3.09. The summed E-state index contributed by atoms with van der Waals surface area (Å²) < 4.78 is 11.6. The lowest BCUT2D eigenvalue weighted by atomic mass is 10.1. The fraction of sp³-hybridized carbons (Fsp3) is 0.250. The monoisotopic (exact) mass is 440 g/mol. The molecule has 0 aliphatic rings. The summed E-state index contributed by atoms with van der Waals surface area (Å²) in [6, 6.07) is 18.3. The second-order valence-electron chi connectivity index (χ2n) is 7.12. The first kappa shape index (κ1) is 22.6. The molecule has 0 aromatic heterocycles. The molecule has 0 saturated carbocycles. The Balaban J connectivity index is 1.65. The predicted molar refractivity (Wildman–Crippen MR) is 122 cm³/mol. The summed E-state index contributed by atoms with van der Waals surface area (Å²) in [5.74, 6) is 1.15. The number of nitro benzene ring substituents is 1. The molecular formula is C24H25ClN2O4. The van der Waals surface area contributed by atoms with E-state index in [1.165, 1.54) is 23.3 Å². The SMILES string of the molecule is CCOc1cc(CNCc2ccc(C)cc2)c(Cl)cc1OCc1ccc([N+](=O)[O-])cc1. The number of rotatable bonds is 10. The van der Waals surface area contributed by atoms with Crippen LogP contribution in [0.3, 0.4) is 0 Å². The maximum atomic E-state index is 10.8. The summed E-state index contributed by atoms with van der Waals surface area (Å²) in [6.45, 7) is 6.04. The summed E-state index contributed by atoms with van der Waals surface area (Å²) >= 11 is 6.49. The highest BCUT2D eigenvalue weighted by atomic mass is 35.5. The van der Waals surface area contributed by atoms with Crippen molar-refractivity contribution in [3.8, 4) is 11.5 Å². The molecule has 0 saturated heterocycles. The lowest BCUT2D eigenvalue weighted by Crippen LogP contribution is -2.13. The standard InChI is InChI=1S/C24H25ClN2O4/c1-3-30-23-12-20(15-26-14-18-6-4-17(2)5-7-18)22(25)13-24(23)31-16-19-8-10-21(11-9-19)27(28)29/h4-13,26H,3,14-16H2,1-2H3. The summed E-state index contributed by atoms with van der Waals surface area (Å²) in [4.78, 5) is 10.4. The lowest BCUT2D eigenvalue weighted by molar-refractivity contribution is -0.384. The minimum atomic E-state index is -0.427. The fourth-order valence-electron chi connectivity index (χ4n) is 3.02. The minimum Gasteiger partial charge on any atom is -0.490 e. The van der Waals surface area contributed by atoms with E-state index in [4.69, 9.17) is 21.1 Å². The molecule has 31 heavy (non-hydrogen) atoms. The van der Waals surface area contributed by atoms with Gasteiger partial charge in [0.1, 0.15) is 6.61 Å². The average Bonchev–Trinajstić information content (AvgIpc) is 2.76. The van der Waals surface area contributed by atoms with E-state index in [0.29, 0.717) is 29.7 Å². The zero-order chi connectivity index (χ0) is 22.2. The average molecular weight is 441 g/mol. The first-order valence-electron chi connectivity index (χ1n) is 10.0. The van der Waals surface area contributed by atoms with Crippen LogP contribution in [-0.4, -0.2) is 11.5 Å². The number of non-ortho nitro benzene ring substituents is 1. The molecule has 0 aliphatic heterocycles. The van der Waals surface area contributed by atoms with E-state index in [-0.39, 0.29) is 12.3 Å². The normalized spacial score (nSPS) is 10.7. The summed E-state index contributed by atoms with van der Waals surface area (Å²) in [5, 5.41) is 14.8. The van der Waals surface area contributed by atoms with Crippen molar-refractivity contribution in [1.29, 1.82) is 0 Å². The van der Waals surface area contributed by atoms with Gasteiger partial charge in [-0.3, -0.25) is 10.1 Å². The smallest absolute Gasteiger partial charge is 0.269 e. The molecule has 0 amide bonds. The number of nitrogens with one attached hydrogen (secondary N) is 1. The number of nitrogens with zero attached hydrogens (tertiary/aromatic N) is 1. The van der Waals surface area contributed by atoms with Crippen LogP contribution in [0.5, 0.6) is 11.5 Å². The Bertz CT molecular complexity index is 1020. The van der Waals surface area contributed by atoms with Gasteiger partial charge in [-0.15, -0.1) is 0 Å². The molecular weight excluding hydrogens is 416 g/mol. The molecule has 162 valence electrons. The molecule has 6 nitrogen and oxygen atoms in total. The first-order chi connectivity index (χ1) is 15.0. The van der Waals surface area contributed by atoms with Crippen molar-refractivity contribution >= 4 is 17.3 Å². The number of hydrogen-bond acceptors (Lipinski definition) is 5. The fourth-order valence-corrected chi connectivity index (χ4v) is 3.24. The molecule has 0 spiro atoms. The second-order valence-corrected chi connectivity index (χ2v) is 7.53. The number of aryl methyl sites for hydroxylation is 1. The highest BCUT2D eigenvalue weighted by molar-refractivity contribution is 6.31. The largest absolute Gasteiger partial charge is 0.490 e. The van der Waals surface area contributed by atoms with Crippen molar-refractivity contribution in [1.82, 2.24) is 5.32 Å². The summed E-state index contributed by atoms with van der Waals surface area (Å²) in [5.41, 5.74) is 4.21. The second kappa shape index (κ2) is 10.8. The van der Waals surface area contributed by atoms with Crippen molar-refractivity contribution in [3.63, 3.8) is 0 Å². The van der Waals surface area contributed by atoms with Gasteiger partial charge in [-0.25, -0.2) is 0 Å². The number of ether oxygens (including phenoxy) is 2. The van der Waals surface area contributed by atoms with Crippen molar-refractivity contribution in [2.24, 2.45) is 0 Å². The van der Waals surface area contributed by atoms with Crippen LogP contribution in [0, 0.1) is 17.0 Å². The molecule has 7 heteroatoms. The third-order valence-electron chi connectivity index (χ3n) is 4.72.